The second kappa shape index (κ2) is 7.31. The topological polar surface area (TPSA) is 38.2 Å². The normalized spacial score (nSPS) is 13.4. The van der Waals surface area contributed by atoms with Crippen LogP contribution in [0.1, 0.15) is 22.4 Å². The second-order valence-electron chi connectivity index (χ2n) is 6.62. The van der Waals surface area contributed by atoms with E-state index >= 15 is 0 Å². The SMILES string of the molecule is Cc1cc(OCc2ccc(F)c(F)c2)nc(N2CCc3ccccc3C2)n1. The van der Waals surface area contributed by atoms with Crippen molar-refractivity contribution >= 4 is 5.95 Å². The maximum absolute atomic E-state index is 13.3. The fourth-order valence-corrected chi connectivity index (χ4v) is 3.19. The Balaban J connectivity index is 1.51. The summed E-state index contributed by atoms with van der Waals surface area (Å²) < 4.78 is 32.1. The molecule has 0 amide bonds. The molecule has 0 N–H and O–H groups in total. The first-order valence-corrected chi connectivity index (χ1v) is 8.82. The van der Waals surface area contributed by atoms with Crippen LogP contribution in [0.3, 0.4) is 0 Å². The number of fused-ring (bicyclic) bond motifs is 1. The standard InChI is InChI=1S/C21H19F2N3O/c1-14-10-20(27-13-15-6-7-18(22)19(23)11-15)25-21(24-14)26-9-8-16-4-2-3-5-17(16)12-26/h2-7,10-11H,8-9,12-13H2,1H3. The first-order chi connectivity index (χ1) is 13.1. The van der Waals surface area contributed by atoms with Crippen molar-refractivity contribution in [3.05, 3.63) is 82.5 Å². The molecule has 0 fully saturated rings. The lowest BCUT2D eigenvalue weighted by molar-refractivity contribution is 0.292. The Morgan fingerprint density at radius 1 is 1.00 bits per heavy atom. The zero-order valence-electron chi connectivity index (χ0n) is 15.0. The summed E-state index contributed by atoms with van der Waals surface area (Å²) in [6.07, 6.45) is 0.943. The van der Waals surface area contributed by atoms with Gasteiger partial charge in [-0.1, -0.05) is 30.3 Å². The molecule has 0 spiro atoms. The van der Waals surface area contributed by atoms with Gasteiger partial charge < -0.3 is 9.64 Å². The van der Waals surface area contributed by atoms with E-state index in [1.165, 1.54) is 17.2 Å². The number of rotatable bonds is 4. The van der Waals surface area contributed by atoms with Gasteiger partial charge in [0.05, 0.1) is 0 Å². The first-order valence-electron chi connectivity index (χ1n) is 8.82. The van der Waals surface area contributed by atoms with Crippen molar-refractivity contribution < 1.29 is 13.5 Å². The van der Waals surface area contributed by atoms with Crippen molar-refractivity contribution in [1.29, 1.82) is 0 Å². The van der Waals surface area contributed by atoms with E-state index in [0.717, 1.165) is 37.3 Å². The molecule has 0 atom stereocenters. The molecular formula is C21H19F2N3O. The molecule has 0 saturated carbocycles. The Hall–Kier alpha value is -3.02. The summed E-state index contributed by atoms with van der Waals surface area (Å²) in [5.74, 6) is -0.724. The molecule has 2 aromatic carbocycles. The molecule has 0 unspecified atom stereocenters. The second-order valence-corrected chi connectivity index (χ2v) is 6.62. The van der Waals surface area contributed by atoms with E-state index in [0.29, 0.717) is 17.4 Å². The minimum Gasteiger partial charge on any atom is -0.473 e. The maximum atomic E-state index is 13.3. The van der Waals surface area contributed by atoms with Crippen molar-refractivity contribution in [1.82, 2.24) is 9.97 Å². The highest BCUT2D eigenvalue weighted by atomic mass is 19.2. The van der Waals surface area contributed by atoms with Crippen LogP contribution in [0.25, 0.3) is 0 Å². The van der Waals surface area contributed by atoms with Gasteiger partial charge >= 0.3 is 0 Å². The average Bonchev–Trinajstić information content (AvgIpc) is 2.68. The van der Waals surface area contributed by atoms with E-state index in [1.54, 1.807) is 6.07 Å². The Morgan fingerprint density at radius 3 is 2.63 bits per heavy atom. The van der Waals surface area contributed by atoms with Crippen LogP contribution in [0.2, 0.25) is 0 Å². The highest BCUT2D eigenvalue weighted by Gasteiger charge is 2.19. The summed E-state index contributed by atoms with van der Waals surface area (Å²) in [6, 6.07) is 13.8. The number of hydrogen-bond donors (Lipinski definition) is 0. The molecule has 1 aromatic heterocycles. The summed E-state index contributed by atoms with van der Waals surface area (Å²) in [6.45, 7) is 3.58. The number of nitrogens with zero attached hydrogens (tertiary/aromatic N) is 3. The van der Waals surface area contributed by atoms with E-state index < -0.39 is 11.6 Å². The Labute approximate surface area is 156 Å². The molecule has 1 aliphatic rings. The van der Waals surface area contributed by atoms with Crippen LogP contribution in [0.15, 0.2) is 48.5 Å². The van der Waals surface area contributed by atoms with Gasteiger partial charge in [0.1, 0.15) is 6.61 Å². The van der Waals surface area contributed by atoms with E-state index in [9.17, 15) is 8.78 Å². The van der Waals surface area contributed by atoms with Crippen molar-refractivity contribution in [3.8, 4) is 5.88 Å². The minimum absolute atomic E-state index is 0.107. The number of aryl methyl sites for hydroxylation is 1. The zero-order chi connectivity index (χ0) is 18.8. The number of halogens is 2. The summed E-state index contributed by atoms with van der Waals surface area (Å²) in [5, 5.41) is 0. The maximum Gasteiger partial charge on any atom is 0.229 e. The van der Waals surface area contributed by atoms with E-state index in [2.05, 4.69) is 33.1 Å². The lowest BCUT2D eigenvalue weighted by atomic mass is 10.0. The van der Waals surface area contributed by atoms with Crippen LogP contribution in [-0.2, 0) is 19.6 Å². The molecule has 3 aromatic rings. The van der Waals surface area contributed by atoms with Gasteiger partial charge in [0.2, 0.25) is 11.8 Å². The molecular weight excluding hydrogens is 348 g/mol. The zero-order valence-corrected chi connectivity index (χ0v) is 15.0. The molecule has 6 heteroatoms. The summed E-state index contributed by atoms with van der Waals surface area (Å²) in [4.78, 5) is 11.2. The molecule has 0 radical (unpaired) electrons. The van der Waals surface area contributed by atoms with Crippen LogP contribution in [0.5, 0.6) is 5.88 Å². The molecule has 1 aliphatic heterocycles. The third-order valence-electron chi connectivity index (χ3n) is 4.60. The van der Waals surface area contributed by atoms with Gasteiger partial charge in [0.25, 0.3) is 0 Å². The van der Waals surface area contributed by atoms with Gasteiger partial charge in [0.15, 0.2) is 11.6 Å². The van der Waals surface area contributed by atoms with Gasteiger partial charge in [0, 0.05) is 24.8 Å². The van der Waals surface area contributed by atoms with Crippen molar-refractivity contribution in [2.45, 2.75) is 26.5 Å². The molecule has 0 saturated heterocycles. The fourth-order valence-electron chi connectivity index (χ4n) is 3.19. The van der Waals surface area contributed by atoms with Gasteiger partial charge in [-0.05, 0) is 42.2 Å². The van der Waals surface area contributed by atoms with Crippen molar-refractivity contribution in [2.24, 2.45) is 0 Å². The molecule has 2 heterocycles. The van der Waals surface area contributed by atoms with Gasteiger partial charge in [-0.2, -0.15) is 4.98 Å². The number of anilines is 1. The third kappa shape index (κ3) is 3.89. The largest absolute Gasteiger partial charge is 0.473 e. The van der Waals surface area contributed by atoms with E-state index in [1.807, 2.05) is 13.0 Å². The van der Waals surface area contributed by atoms with E-state index in [-0.39, 0.29) is 6.61 Å². The molecule has 4 rings (SSSR count). The number of ether oxygens (including phenoxy) is 1. The Morgan fingerprint density at radius 2 is 1.81 bits per heavy atom. The number of benzene rings is 2. The van der Waals surface area contributed by atoms with Crippen molar-refractivity contribution in [3.63, 3.8) is 0 Å². The monoisotopic (exact) mass is 367 g/mol. The highest BCUT2D eigenvalue weighted by Crippen LogP contribution is 2.24. The smallest absolute Gasteiger partial charge is 0.229 e. The molecule has 138 valence electrons. The minimum atomic E-state index is -0.886. The fraction of sp³-hybridized carbons (Fsp3) is 0.238. The van der Waals surface area contributed by atoms with Crippen LogP contribution in [-0.4, -0.2) is 16.5 Å². The van der Waals surface area contributed by atoms with Crippen LogP contribution < -0.4 is 9.64 Å². The van der Waals surface area contributed by atoms with Gasteiger partial charge in [-0.3, -0.25) is 0 Å². The number of aromatic nitrogens is 2. The summed E-state index contributed by atoms with van der Waals surface area (Å²) in [5.41, 5.74) is 3.96. The van der Waals surface area contributed by atoms with Crippen LogP contribution >= 0.6 is 0 Å². The first kappa shape index (κ1) is 17.4. The summed E-state index contributed by atoms with van der Waals surface area (Å²) in [7, 11) is 0. The van der Waals surface area contributed by atoms with Crippen LogP contribution in [0.4, 0.5) is 14.7 Å². The van der Waals surface area contributed by atoms with Gasteiger partial charge in [-0.25, -0.2) is 13.8 Å². The molecule has 0 aliphatic carbocycles. The molecule has 0 bridgehead atoms. The Bertz CT molecular complexity index is 977. The molecule has 4 nitrogen and oxygen atoms in total. The average molecular weight is 367 g/mol. The lowest BCUT2D eigenvalue weighted by Gasteiger charge is -2.29. The number of hydrogen-bond acceptors (Lipinski definition) is 4. The highest BCUT2D eigenvalue weighted by molar-refractivity contribution is 5.41. The van der Waals surface area contributed by atoms with Gasteiger partial charge in [-0.15, -0.1) is 0 Å². The molecule has 27 heavy (non-hydrogen) atoms. The predicted octanol–water partition coefficient (Wildman–Crippen LogP) is 4.20. The van der Waals surface area contributed by atoms with Crippen LogP contribution in [0, 0.1) is 18.6 Å². The quantitative estimate of drug-likeness (QED) is 0.693. The van der Waals surface area contributed by atoms with Crippen molar-refractivity contribution in [2.75, 3.05) is 11.4 Å². The predicted molar refractivity (Wildman–Crippen MR) is 98.7 cm³/mol. The van der Waals surface area contributed by atoms with E-state index in [4.69, 9.17) is 4.74 Å². The Kier molecular flexibility index (Phi) is 4.71. The lowest BCUT2D eigenvalue weighted by Crippen LogP contribution is -2.31. The third-order valence-corrected chi connectivity index (χ3v) is 4.60. The summed E-state index contributed by atoms with van der Waals surface area (Å²) >= 11 is 0.